The van der Waals surface area contributed by atoms with E-state index >= 15 is 0 Å². The van der Waals surface area contributed by atoms with Gasteiger partial charge in [-0.1, -0.05) is 39.8 Å². The lowest BCUT2D eigenvalue weighted by atomic mass is 9.84. The molecule has 0 aliphatic rings. The molecule has 1 aromatic carbocycles. The Hall–Kier alpha value is -1.06. The van der Waals surface area contributed by atoms with E-state index in [4.69, 9.17) is 4.74 Å². The highest BCUT2D eigenvalue weighted by Gasteiger charge is 2.20. The van der Waals surface area contributed by atoms with E-state index in [0.717, 1.165) is 17.7 Å². The van der Waals surface area contributed by atoms with Crippen LogP contribution >= 0.6 is 0 Å². The van der Waals surface area contributed by atoms with Crippen LogP contribution in [0.15, 0.2) is 18.2 Å². The number of ether oxygens (including phenoxy) is 1. The molecule has 0 aromatic heterocycles. The zero-order chi connectivity index (χ0) is 15.3. The molecule has 0 bridgehead atoms. The first kappa shape index (κ1) is 17.0. The molecular formula is C17H28O3. The Morgan fingerprint density at radius 3 is 2.30 bits per heavy atom. The lowest BCUT2D eigenvalue weighted by molar-refractivity contribution is 0.0130. The summed E-state index contributed by atoms with van der Waals surface area (Å²) >= 11 is 0. The number of aliphatic hydroxyl groups excluding tert-OH is 2. The SMILES string of the molecule is CCC(O)C(O)CCc1ccc(OC)c(C(C)(C)C)c1. The largest absolute Gasteiger partial charge is 0.496 e. The second-order valence-corrected chi connectivity index (χ2v) is 6.37. The number of aliphatic hydroxyl groups is 2. The van der Waals surface area contributed by atoms with Crippen molar-refractivity contribution in [2.75, 3.05) is 7.11 Å². The van der Waals surface area contributed by atoms with Crippen molar-refractivity contribution in [3.63, 3.8) is 0 Å². The fourth-order valence-electron chi connectivity index (χ4n) is 2.28. The van der Waals surface area contributed by atoms with Gasteiger partial charge in [-0.3, -0.25) is 0 Å². The molecule has 0 spiro atoms. The van der Waals surface area contributed by atoms with Crippen LogP contribution in [0.1, 0.15) is 51.7 Å². The summed E-state index contributed by atoms with van der Waals surface area (Å²) in [6.07, 6.45) is 0.628. The van der Waals surface area contributed by atoms with Gasteiger partial charge in [-0.15, -0.1) is 0 Å². The maximum absolute atomic E-state index is 9.83. The van der Waals surface area contributed by atoms with Gasteiger partial charge in [0.1, 0.15) is 5.75 Å². The number of rotatable bonds is 6. The third-order valence-corrected chi connectivity index (χ3v) is 3.66. The highest BCUT2D eigenvalue weighted by molar-refractivity contribution is 5.41. The molecule has 0 saturated heterocycles. The summed E-state index contributed by atoms with van der Waals surface area (Å²) in [6.45, 7) is 8.35. The lowest BCUT2D eigenvalue weighted by Crippen LogP contribution is -2.25. The maximum atomic E-state index is 9.83. The molecule has 0 aliphatic carbocycles. The van der Waals surface area contributed by atoms with Crippen LogP contribution in [0.2, 0.25) is 0 Å². The molecule has 0 saturated carbocycles. The van der Waals surface area contributed by atoms with Gasteiger partial charge in [0.2, 0.25) is 0 Å². The average Bonchev–Trinajstić information content (AvgIpc) is 2.42. The van der Waals surface area contributed by atoms with E-state index in [1.54, 1.807) is 7.11 Å². The molecule has 1 rings (SSSR count). The Labute approximate surface area is 122 Å². The van der Waals surface area contributed by atoms with Crippen molar-refractivity contribution in [3.8, 4) is 5.75 Å². The van der Waals surface area contributed by atoms with E-state index in [9.17, 15) is 10.2 Å². The minimum absolute atomic E-state index is 0.0168. The number of benzene rings is 1. The molecule has 3 heteroatoms. The zero-order valence-corrected chi connectivity index (χ0v) is 13.3. The minimum atomic E-state index is -0.653. The molecular weight excluding hydrogens is 252 g/mol. The van der Waals surface area contributed by atoms with Crippen molar-refractivity contribution in [1.29, 1.82) is 0 Å². The zero-order valence-electron chi connectivity index (χ0n) is 13.3. The molecule has 3 nitrogen and oxygen atoms in total. The van der Waals surface area contributed by atoms with Crippen LogP contribution in [0.25, 0.3) is 0 Å². The summed E-state index contributed by atoms with van der Waals surface area (Å²) in [5.41, 5.74) is 2.35. The van der Waals surface area contributed by atoms with E-state index in [0.29, 0.717) is 12.8 Å². The normalized spacial score (nSPS) is 14.9. The molecule has 0 aliphatic heterocycles. The summed E-state index contributed by atoms with van der Waals surface area (Å²) in [6, 6.07) is 6.15. The van der Waals surface area contributed by atoms with Crippen molar-refractivity contribution < 1.29 is 14.9 Å². The summed E-state index contributed by atoms with van der Waals surface area (Å²) in [4.78, 5) is 0. The smallest absolute Gasteiger partial charge is 0.122 e. The monoisotopic (exact) mass is 280 g/mol. The van der Waals surface area contributed by atoms with Crippen molar-refractivity contribution in [1.82, 2.24) is 0 Å². The predicted molar refractivity (Wildman–Crippen MR) is 82.3 cm³/mol. The van der Waals surface area contributed by atoms with Gasteiger partial charge < -0.3 is 14.9 Å². The molecule has 0 radical (unpaired) electrons. The van der Waals surface area contributed by atoms with Crippen LogP contribution in [0, 0.1) is 0 Å². The van der Waals surface area contributed by atoms with Gasteiger partial charge in [0.25, 0.3) is 0 Å². The first-order valence-corrected chi connectivity index (χ1v) is 7.33. The van der Waals surface area contributed by atoms with Crippen LogP contribution in [-0.2, 0) is 11.8 Å². The third kappa shape index (κ3) is 4.50. The van der Waals surface area contributed by atoms with E-state index < -0.39 is 12.2 Å². The molecule has 0 amide bonds. The first-order valence-electron chi connectivity index (χ1n) is 7.33. The fourth-order valence-corrected chi connectivity index (χ4v) is 2.28. The number of hydrogen-bond donors (Lipinski definition) is 2. The summed E-state index contributed by atoms with van der Waals surface area (Å²) in [5.74, 6) is 0.899. The molecule has 2 N–H and O–H groups in total. The van der Waals surface area contributed by atoms with Crippen LogP contribution < -0.4 is 4.74 Å². The van der Waals surface area contributed by atoms with Crippen molar-refractivity contribution in [2.24, 2.45) is 0 Å². The molecule has 2 unspecified atom stereocenters. The first-order chi connectivity index (χ1) is 9.29. The third-order valence-electron chi connectivity index (χ3n) is 3.66. The highest BCUT2D eigenvalue weighted by Crippen LogP contribution is 2.32. The van der Waals surface area contributed by atoms with E-state index in [-0.39, 0.29) is 5.41 Å². The predicted octanol–water partition coefficient (Wildman–Crippen LogP) is 3.06. The molecule has 1 aromatic rings. The summed E-state index contributed by atoms with van der Waals surface area (Å²) in [7, 11) is 1.69. The molecule has 20 heavy (non-hydrogen) atoms. The van der Waals surface area contributed by atoms with Gasteiger partial charge in [0, 0.05) is 0 Å². The number of hydrogen-bond acceptors (Lipinski definition) is 3. The van der Waals surface area contributed by atoms with Crippen molar-refractivity contribution in [2.45, 2.75) is 64.6 Å². The summed E-state index contributed by atoms with van der Waals surface area (Å²) < 4.78 is 5.42. The summed E-state index contributed by atoms with van der Waals surface area (Å²) in [5, 5.41) is 19.4. The Kier molecular flexibility index (Phi) is 6.03. The van der Waals surface area contributed by atoms with E-state index in [1.807, 2.05) is 19.1 Å². The molecule has 2 atom stereocenters. The quantitative estimate of drug-likeness (QED) is 0.842. The van der Waals surface area contributed by atoms with Gasteiger partial charge in [0.05, 0.1) is 19.3 Å². The van der Waals surface area contributed by atoms with Crippen LogP contribution in [0.3, 0.4) is 0 Å². The highest BCUT2D eigenvalue weighted by atomic mass is 16.5. The Morgan fingerprint density at radius 2 is 1.80 bits per heavy atom. The van der Waals surface area contributed by atoms with Gasteiger partial charge in [-0.2, -0.15) is 0 Å². The number of aryl methyl sites for hydroxylation is 1. The molecule has 114 valence electrons. The van der Waals surface area contributed by atoms with Crippen LogP contribution in [-0.4, -0.2) is 29.5 Å². The lowest BCUT2D eigenvalue weighted by Gasteiger charge is -2.23. The second kappa shape index (κ2) is 7.09. The van der Waals surface area contributed by atoms with Crippen molar-refractivity contribution >= 4 is 0 Å². The average molecular weight is 280 g/mol. The Morgan fingerprint density at radius 1 is 1.15 bits per heavy atom. The van der Waals surface area contributed by atoms with E-state index in [1.165, 1.54) is 5.56 Å². The fraction of sp³-hybridized carbons (Fsp3) is 0.647. The molecule has 0 fully saturated rings. The second-order valence-electron chi connectivity index (χ2n) is 6.37. The van der Waals surface area contributed by atoms with Crippen LogP contribution in [0.5, 0.6) is 5.75 Å². The van der Waals surface area contributed by atoms with Gasteiger partial charge >= 0.3 is 0 Å². The maximum Gasteiger partial charge on any atom is 0.122 e. The van der Waals surface area contributed by atoms with Crippen molar-refractivity contribution in [3.05, 3.63) is 29.3 Å². The number of methoxy groups -OCH3 is 1. The standard InChI is InChI=1S/C17H28O3/c1-6-14(18)15(19)9-7-12-8-10-16(20-5)13(11-12)17(2,3)4/h8,10-11,14-15,18-19H,6-7,9H2,1-5H3. The Bertz CT molecular complexity index is 421. The van der Waals surface area contributed by atoms with E-state index in [2.05, 4.69) is 26.8 Å². The topological polar surface area (TPSA) is 49.7 Å². The van der Waals surface area contributed by atoms with Gasteiger partial charge in [-0.25, -0.2) is 0 Å². The van der Waals surface area contributed by atoms with Crippen LogP contribution in [0.4, 0.5) is 0 Å². The Balaban J connectivity index is 2.83. The molecule has 0 heterocycles. The minimum Gasteiger partial charge on any atom is -0.496 e. The van der Waals surface area contributed by atoms with Gasteiger partial charge in [0.15, 0.2) is 0 Å². The van der Waals surface area contributed by atoms with Gasteiger partial charge in [-0.05, 0) is 41.9 Å².